The fraction of sp³-hybridized carbons (Fsp3) is 0.889. The molecule has 0 aromatic heterocycles. The second-order valence-electron chi connectivity index (χ2n) is 4.35. The first-order chi connectivity index (χ1) is 8.25. The van der Waals surface area contributed by atoms with Crippen LogP contribution in [0, 0.1) is 5.41 Å². The Morgan fingerprint density at radius 2 is 2.22 bits per heavy atom. The lowest BCUT2D eigenvalue weighted by Gasteiger charge is -2.18. The first-order valence-electron chi connectivity index (χ1n) is 5.37. The van der Waals surface area contributed by atoms with Crippen molar-refractivity contribution in [2.24, 2.45) is 5.41 Å². The van der Waals surface area contributed by atoms with Crippen LogP contribution >= 0.6 is 0 Å². The monoisotopic (exact) mass is 300 g/mol. The van der Waals surface area contributed by atoms with Crippen molar-refractivity contribution in [2.45, 2.75) is 19.8 Å². The SMILES string of the molecule is CC1(COS(=O)(=O)CCCS(=O)O)CCOC1=O. The number of hydrogen-bond acceptors (Lipinski definition) is 6. The highest BCUT2D eigenvalue weighted by molar-refractivity contribution is 7.86. The predicted octanol–water partition coefficient (Wildman–Crippen LogP) is -0.102. The van der Waals surface area contributed by atoms with Crippen LogP contribution in [0.15, 0.2) is 0 Å². The molecule has 2 unspecified atom stereocenters. The lowest BCUT2D eigenvalue weighted by molar-refractivity contribution is -0.146. The fourth-order valence-corrected chi connectivity index (χ4v) is 3.04. The third kappa shape index (κ3) is 4.63. The molecule has 1 saturated heterocycles. The van der Waals surface area contributed by atoms with Crippen LogP contribution in [0.1, 0.15) is 19.8 Å². The van der Waals surface area contributed by atoms with E-state index in [-0.39, 0.29) is 31.1 Å². The molecule has 2 atom stereocenters. The van der Waals surface area contributed by atoms with Gasteiger partial charge >= 0.3 is 5.97 Å². The second kappa shape index (κ2) is 6.09. The third-order valence-corrected chi connectivity index (χ3v) is 4.55. The van der Waals surface area contributed by atoms with Gasteiger partial charge in [0.05, 0.1) is 30.1 Å². The summed E-state index contributed by atoms with van der Waals surface area (Å²) < 4.78 is 51.3. The summed E-state index contributed by atoms with van der Waals surface area (Å²) in [7, 11) is -3.78. The van der Waals surface area contributed by atoms with Gasteiger partial charge in [-0.05, 0) is 19.8 Å². The Morgan fingerprint density at radius 1 is 1.56 bits per heavy atom. The van der Waals surface area contributed by atoms with E-state index in [0.29, 0.717) is 6.42 Å². The van der Waals surface area contributed by atoms with Gasteiger partial charge in [0.2, 0.25) is 0 Å². The molecule has 1 fully saturated rings. The van der Waals surface area contributed by atoms with Crippen molar-refractivity contribution in [1.29, 1.82) is 0 Å². The summed E-state index contributed by atoms with van der Waals surface area (Å²) in [6.45, 7) is 1.60. The molecule has 9 heteroatoms. The molecule has 0 spiro atoms. The van der Waals surface area contributed by atoms with Crippen LogP contribution in [0.4, 0.5) is 0 Å². The number of cyclic esters (lactones) is 1. The third-order valence-electron chi connectivity index (χ3n) is 2.65. The molecule has 1 aliphatic heterocycles. The molecule has 1 aliphatic rings. The molecule has 0 amide bonds. The Labute approximate surface area is 108 Å². The maximum atomic E-state index is 11.5. The van der Waals surface area contributed by atoms with E-state index in [1.54, 1.807) is 6.92 Å². The maximum absolute atomic E-state index is 11.5. The molecular weight excluding hydrogens is 284 g/mol. The number of ether oxygens (including phenoxy) is 1. The zero-order valence-corrected chi connectivity index (χ0v) is 11.6. The Hall–Kier alpha value is -0.510. The van der Waals surface area contributed by atoms with Crippen LogP contribution < -0.4 is 0 Å². The highest BCUT2D eigenvalue weighted by Gasteiger charge is 2.41. The first kappa shape index (κ1) is 15.5. The lowest BCUT2D eigenvalue weighted by atomic mass is 9.91. The van der Waals surface area contributed by atoms with E-state index in [0.717, 1.165) is 0 Å². The Balaban J connectivity index is 2.42. The van der Waals surface area contributed by atoms with Gasteiger partial charge < -0.3 is 9.29 Å². The van der Waals surface area contributed by atoms with E-state index in [4.69, 9.17) is 13.5 Å². The van der Waals surface area contributed by atoms with E-state index in [1.807, 2.05) is 0 Å². The van der Waals surface area contributed by atoms with Gasteiger partial charge in [0.15, 0.2) is 11.1 Å². The van der Waals surface area contributed by atoms with Crippen LogP contribution in [0.25, 0.3) is 0 Å². The Kier molecular flexibility index (Phi) is 5.26. The topological polar surface area (TPSA) is 107 Å². The van der Waals surface area contributed by atoms with Gasteiger partial charge in [0.25, 0.3) is 10.1 Å². The highest BCUT2D eigenvalue weighted by atomic mass is 32.2. The van der Waals surface area contributed by atoms with Gasteiger partial charge in [-0.15, -0.1) is 0 Å². The van der Waals surface area contributed by atoms with Crippen molar-refractivity contribution in [2.75, 3.05) is 24.7 Å². The average molecular weight is 300 g/mol. The first-order valence-corrected chi connectivity index (χ1v) is 8.22. The molecule has 0 aromatic rings. The summed E-state index contributed by atoms with van der Waals surface area (Å²) in [4.78, 5) is 11.3. The number of carbonyl (C=O) groups excluding carboxylic acids is 1. The smallest absolute Gasteiger partial charge is 0.314 e. The van der Waals surface area contributed by atoms with Gasteiger partial charge in [0.1, 0.15) is 0 Å². The largest absolute Gasteiger partial charge is 0.465 e. The fourth-order valence-electron chi connectivity index (χ4n) is 1.41. The van der Waals surface area contributed by atoms with Gasteiger partial charge in [0, 0.05) is 0 Å². The second-order valence-corrected chi connectivity index (χ2v) is 7.16. The van der Waals surface area contributed by atoms with Gasteiger partial charge in [-0.3, -0.25) is 8.98 Å². The van der Waals surface area contributed by atoms with Crippen LogP contribution in [0.5, 0.6) is 0 Å². The molecule has 1 heterocycles. The lowest BCUT2D eigenvalue weighted by Crippen LogP contribution is -2.30. The van der Waals surface area contributed by atoms with Crippen molar-refractivity contribution in [3.8, 4) is 0 Å². The summed E-state index contributed by atoms with van der Waals surface area (Å²) in [5.41, 5.74) is -0.924. The molecule has 1 rings (SSSR count). The van der Waals surface area contributed by atoms with Crippen LogP contribution in [0.2, 0.25) is 0 Å². The van der Waals surface area contributed by atoms with Crippen LogP contribution in [-0.4, -0.2) is 47.9 Å². The molecule has 106 valence electrons. The minimum absolute atomic E-state index is 0.0343. The van der Waals surface area contributed by atoms with Gasteiger partial charge in [-0.25, -0.2) is 4.21 Å². The molecule has 0 saturated carbocycles. The van der Waals surface area contributed by atoms with E-state index >= 15 is 0 Å². The average Bonchev–Trinajstić information content (AvgIpc) is 2.57. The van der Waals surface area contributed by atoms with Crippen molar-refractivity contribution < 1.29 is 30.9 Å². The summed E-state index contributed by atoms with van der Waals surface area (Å²) >= 11 is -2.01. The van der Waals surface area contributed by atoms with Crippen LogP contribution in [-0.2, 0) is 34.9 Å². The quantitative estimate of drug-likeness (QED) is 0.397. The van der Waals surface area contributed by atoms with Crippen molar-refractivity contribution in [3.05, 3.63) is 0 Å². The van der Waals surface area contributed by atoms with E-state index in [9.17, 15) is 17.4 Å². The number of rotatable bonds is 7. The van der Waals surface area contributed by atoms with Crippen molar-refractivity contribution in [3.63, 3.8) is 0 Å². The summed E-state index contributed by atoms with van der Waals surface area (Å²) in [5, 5.41) is 0. The van der Waals surface area contributed by atoms with Crippen molar-refractivity contribution >= 4 is 27.2 Å². The predicted molar refractivity (Wildman–Crippen MR) is 63.7 cm³/mol. The zero-order valence-electron chi connectivity index (χ0n) is 9.96. The molecule has 0 radical (unpaired) electrons. The van der Waals surface area contributed by atoms with Gasteiger partial charge in [-0.1, -0.05) is 0 Å². The molecule has 0 aliphatic carbocycles. The maximum Gasteiger partial charge on any atom is 0.314 e. The number of esters is 1. The minimum atomic E-state index is -3.78. The summed E-state index contributed by atoms with van der Waals surface area (Å²) in [6, 6.07) is 0. The zero-order chi connectivity index (χ0) is 13.8. The molecule has 18 heavy (non-hydrogen) atoms. The van der Waals surface area contributed by atoms with Gasteiger partial charge in [-0.2, -0.15) is 8.42 Å². The molecule has 0 bridgehead atoms. The Bertz CT molecular complexity index is 430. The standard InChI is InChI=1S/C9H16O7S2/c1-9(3-4-15-8(9)10)7-16-18(13,14)6-2-5-17(11)12/h2-7H2,1H3,(H,11,12). The molecule has 0 aromatic carbocycles. The normalized spacial score (nSPS) is 26.0. The molecular formula is C9H16O7S2. The Morgan fingerprint density at radius 3 is 2.72 bits per heavy atom. The summed E-state index contributed by atoms with van der Waals surface area (Å²) in [6.07, 6.45) is 0.453. The van der Waals surface area contributed by atoms with E-state index in [1.165, 1.54) is 0 Å². The molecule has 1 N–H and O–H groups in total. The van der Waals surface area contributed by atoms with E-state index in [2.05, 4.69) is 0 Å². The van der Waals surface area contributed by atoms with Crippen molar-refractivity contribution in [1.82, 2.24) is 0 Å². The molecule has 7 nitrogen and oxygen atoms in total. The van der Waals surface area contributed by atoms with E-state index < -0.39 is 32.6 Å². The van der Waals surface area contributed by atoms with Crippen LogP contribution in [0.3, 0.4) is 0 Å². The summed E-state index contributed by atoms with van der Waals surface area (Å²) in [5.74, 6) is -0.930. The minimum Gasteiger partial charge on any atom is -0.465 e. The number of hydrogen-bond donors (Lipinski definition) is 1. The highest BCUT2D eigenvalue weighted by Crippen LogP contribution is 2.30. The number of carbonyl (C=O) groups is 1.